The van der Waals surface area contributed by atoms with E-state index in [1.807, 2.05) is 43.5 Å². The average molecular weight is 380 g/mol. The van der Waals surface area contributed by atoms with Crippen LogP contribution in [0.3, 0.4) is 0 Å². The summed E-state index contributed by atoms with van der Waals surface area (Å²) >= 11 is 6.29. The molecule has 2 aromatic carbocycles. The summed E-state index contributed by atoms with van der Waals surface area (Å²) in [5.41, 5.74) is 3.70. The van der Waals surface area contributed by atoms with Crippen LogP contribution in [0.1, 0.15) is 28.8 Å². The summed E-state index contributed by atoms with van der Waals surface area (Å²) < 4.78 is 0. The molecular weight excluding hydrogens is 358 g/mol. The van der Waals surface area contributed by atoms with Gasteiger partial charge < -0.3 is 10.2 Å². The number of benzene rings is 2. The fraction of sp³-hybridized carbons (Fsp3) is 0.273. The second kappa shape index (κ2) is 7.57. The first-order valence-corrected chi connectivity index (χ1v) is 9.66. The fourth-order valence-electron chi connectivity index (χ4n) is 3.71. The summed E-state index contributed by atoms with van der Waals surface area (Å²) in [5.74, 6) is -0.0866. The Morgan fingerprint density at radius 1 is 1.11 bits per heavy atom. The van der Waals surface area contributed by atoms with Crippen molar-refractivity contribution in [2.45, 2.75) is 25.8 Å². The Kier molecular flexibility index (Phi) is 4.99. The van der Waals surface area contributed by atoms with Gasteiger partial charge in [-0.1, -0.05) is 41.9 Å². The molecule has 2 heterocycles. The lowest BCUT2D eigenvalue weighted by Gasteiger charge is -2.34. The lowest BCUT2D eigenvalue weighted by molar-refractivity contribution is 0.0931. The summed E-state index contributed by atoms with van der Waals surface area (Å²) in [6.45, 7) is 3.72. The molecule has 1 aliphatic heterocycles. The van der Waals surface area contributed by atoms with Crippen LogP contribution >= 0.6 is 11.6 Å². The molecule has 1 saturated heterocycles. The van der Waals surface area contributed by atoms with Crippen molar-refractivity contribution in [2.24, 2.45) is 0 Å². The largest absolute Gasteiger partial charge is 0.371 e. The Bertz CT molecular complexity index is 975. The molecule has 138 valence electrons. The van der Waals surface area contributed by atoms with Gasteiger partial charge in [0.25, 0.3) is 5.91 Å². The monoisotopic (exact) mass is 379 g/mol. The highest BCUT2D eigenvalue weighted by atomic mass is 35.5. The molecule has 0 radical (unpaired) electrons. The van der Waals surface area contributed by atoms with Crippen LogP contribution in [0.15, 0.2) is 54.7 Å². The number of rotatable bonds is 3. The minimum Gasteiger partial charge on any atom is -0.371 e. The molecule has 1 amide bonds. The number of para-hydroxylation sites is 1. The third kappa shape index (κ3) is 3.62. The van der Waals surface area contributed by atoms with E-state index in [2.05, 4.69) is 27.3 Å². The van der Waals surface area contributed by atoms with Crippen LogP contribution in [-0.2, 0) is 0 Å². The van der Waals surface area contributed by atoms with Crippen molar-refractivity contribution in [2.75, 3.05) is 18.0 Å². The number of carbonyl (C=O) groups excluding carboxylic acids is 1. The van der Waals surface area contributed by atoms with Crippen molar-refractivity contribution < 1.29 is 4.79 Å². The highest BCUT2D eigenvalue weighted by Gasteiger charge is 2.23. The van der Waals surface area contributed by atoms with Crippen LogP contribution in [0.4, 0.5) is 5.69 Å². The Morgan fingerprint density at radius 2 is 1.89 bits per heavy atom. The van der Waals surface area contributed by atoms with Crippen molar-refractivity contribution in [1.29, 1.82) is 0 Å². The first-order chi connectivity index (χ1) is 13.1. The minimum atomic E-state index is -0.0866. The number of hydrogen-bond donors (Lipinski definition) is 1. The second-order valence-corrected chi connectivity index (χ2v) is 7.40. The lowest BCUT2D eigenvalue weighted by Crippen LogP contribution is -2.44. The highest BCUT2D eigenvalue weighted by molar-refractivity contribution is 6.34. The normalized spacial score (nSPS) is 15.1. The zero-order valence-corrected chi connectivity index (χ0v) is 16.0. The molecule has 0 bridgehead atoms. The van der Waals surface area contributed by atoms with Crippen molar-refractivity contribution >= 4 is 34.1 Å². The molecule has 1 N–H and O–H groups in total. The molecule has 27 heavy (non-hydrogen) atoms. The van der Waals surface area contributed by atoms with Crippen LogP contribution in [0.25, 0.3) is 10.9 Å². The second-order valence-electron chi connectivity index (χ2n) is 7.02. The fourth-order valence-corrected chi connectivity index (χ4v) is 3.92. The maximum atomic E-state index is 12.6. The van der Waals surface area contributed by atoms with E-state index >= 15 is 0 Å². The van der Waals surface area contributed by atoms with E-state index in [1.165, 1.54) is 11.1 Å². The van der Waals surface area contributed by atoms with E-state index in [0.29, 0.717) is 10.6 Å². The maximum Gasteiger partial charge on any atom is 0.253 e. The summed E-state index contributed by atoms with van der Waals surface area (Å²) in [6.07, 6.45) is 3.68. The summed E-state index contributed by atoms with van der Waals surface area (Å²) in [6, 6.07) is 16.0. The molecule has 1 fully saturated rings. The van der Waals surface area contributed by atoms with E-state index in [0.717, 1.165) is 37.0 Å². The standard InChI is InChI=1S/C22H22ClN3O/c1-15-5-4-7-18(21(15)23)22(27)25-16-10-13-26(14-11-16)20-9-12-24-19-8-3-2-6-17(19)20/h2-9,12,16H,10-11,13-14H2,1H3,(H,25,27). The van der Waals surface area contributed by atoms with Gasteiger partial charge >= 0.3 is 0 Å². The number of amides is 1. The molecule has 0 atom stereocenters. The van der Waals surface area contributed by atoms with Crippen LogP contribution < -0.4 is 10.2 Å². The number of carbonyl (C=O) groups is 1. The van der Waals surface area contributed by atoms with Gasteiger partial charge in [-0.25, -0.2) is 0 Å². The molecule has 3 aromatic rings. The average Bonchev–Trinajstić information content (AvgIpc) is 2.70. The van der Waals surface area contributed by atoms with E-state index in [4.69, 9.17) is 11.6 Å². The summed E-state index contributed by atoms with van der Waals surface area (Å²) in [4.78, 5) is 19.4. The number of nitrogens with one attached hydrogen (secondary N) is 1. The van der Waals surface area contributed by atoms with Crippen molar-refractivity contribution in [3.05, 3.63) is 70.9 Å². The van der Waals surface area contributed by atoms with Gasteiger partial charge in [-0.3, -0.25) is 9.78 Å². The Morgan fingerprint density at radius 3 is 2.70 bits per heavy atom. The molecule has 0 spiro atoms. The minimum absolute atomic E-state index is 0.0866. The zero-order valence-electron chi connectivity index (χ0n) is 15.3. The molecule has 0 saturated carbocycles. The van der Waals surface area contributed by atoms with Crippen LogP contribution in [0.2, 0.25) is 5.02 Å². The quantitative estimate of drug-likeness (QED) is 0.723. The van der Waals surface area contributed by atoms with Gasteiger partial charge in [0.1, 0.15) is 0 Å². The number of halogens is 1. The number of anilines is 1. The van der Waals surface area contributed by atoms with Gasteiger partial charge in [-0.2, -0.15) is 0 Å². The van der Waals surface area contributed by atoms with Gasteiger partial charge in [0.2, 0.25) is 0 Å². The smallest absolute Gasteiger partial charge is 0.253 e. The first-order valence-electron chi connectivity index (χ1n) is 9.28. The molecule has 0 unspecified atom stereocenters. The van der Waals surface area contributed by atoms with E-state index < -0.39 is 0 Å². The van der Waals surface area contributed by atoms with E-state index in [9.17, 15) is 4.79 Å². The Labute approximate surface area is 164 Å². The SMILES string of the molecule is Cc1cccc(C(=O)NC2CCN(c3ccnc4ccccc34)CC2)c1Cl. The number of pyridine rings is 1. The summed E-state index contributed by atoms with van der Waals surface area (Å²) in [7, 11) is 0. The molecule has 4 nitrogen and oxygen atoms in total. The number of piperidine rings is 1. The number of aromatic nitrogens is 1. The van der Waals surface area contributed by atoms with Crippen LogP contribution in [0.5, 0.6) is 0 Å². The van der Waals surface area contributed by atoms with E-state index in [1.54, 1.807) is 6.07 Å². The van der Waals surface area contributed by atoms with E-state index in [-0.39, 0.29) is 11.9 Å². The Hall–Kier alpha value is -2.59. The molecular formula is C22H22ClN3O. The highest BCUT2D eigenvalue weighted by Crippen LogP contribution is 2.28. The topological polar surface area (TPSA) is 45.2 Å². The molecule has 1 aliphatic rings. The molecule has 0 aliphatic carbocycles. The van der Waals surface area contributed by atoms with Crippen LogP contribution in [-0.4, -0.2) is 30.0 Å². The van der Waals surface area contributed by atoms with Crippen molar-refractivity contribution in [1.82, 2.24) is 10.3 Å². The predicted molar refractivity (Wildman–Crippen MR) is 111 cm³/mol. The predicted octanol–water partition coefficient (Wildman–Crippen LogP) is 4.60. The Balaban J connectivity index is 1.43. The number of nitrogens with zero attached hydrogens (tertiary/aromatic N) is 2. The maximum absolute atomic E-state index is 12.6. The molecule has 4 rings (SSSR count). The number of aryl methyl sites for hydroxylation is 1. The third-order valence-corrected chi connectivity index (χ3v) is 5.74. The number of fused-ring (bicyclic) bond motifs is 1. The third-order valence-electron chi connectivity index (χ3n) is 5.23. The van der Waals surface area contributed by atoms with Gasteiger partial charge in [-0.15, -0.1) is 0 Å². The van der Waals surface area contributed by atoms with Crippen molar-refractivity contribution in [3.8, 4) is 0 Å². The van der Waals surface area contributed by atoms with Crippen molar-refractivity contribution in [3.63, 3.8) is 0 Å². The van der Waals surface area contributed by atoms with Gasteiger partial charge in [-0.05, 0) is 43.5 Å². The molecule has 5 heteroatoms. The first kappa shape index (κ1) is 17.8. The zero-order chi connectivity index (χ0) is 18.8. The lowest BCUT2D eigenvalue weighted by atomic mass is 10.0. The molecule has 1 aromatic heterocycles. The van der Waals surface area contributed by atoms with Gasteiger partial charge in [0, 0.05) is 36.4 Å². The van der Waals surface area contributed by atoms with Crippen LogP contribution in [0, 0.1) is 6.92 Å². The van der Waals surface area contributed by atoms with Gasteiger partial charge in [0.05, 0.1) is 16.1 Å². The summed E-state index contributed by atoms with van der Waals surface area (Å²) in [5, 5.41) is 4.86. The number of hydrogen-bond acceptors (Lipinski definition) is 3. The van der Waals surface area contributed by atoms with Gasteiger partial charge in [0.15, 0.2) is 0 Å².